The molecule has 1 fully saturated rings. The van der Waals surface area contributed by atoms with Crippen molar-refractivity contribution in [2.24, 2.45) is 0 Å². The van der Waals surface area contributed by atoms with Gasteiger partial charge in [0.1, 0.15) is 0 Å². The van der Waals surface area contributed by atoms with Crippen LogP contribution in [-0.2, 0) is 14.4 Å². The standard InChI is InChI=1S/C17H23ClN4O3/c1-13(23)21-7-9-22(10-8-21)17(25)12-20(2)11-16(24)19-15-6-4-3-5-14(15)18/h3-6H,7-12H2,1-2H3,(H,19,24). The Balaban J connectivity index is 1.77. The molecule has 1 heterocycles. The number of amides is 3. The summed E-state index contributed by atoms with van der Waals surface area (Å²) >= 11 is 6.01. The molecule has 0 spiro atoms. The van der Waals surface area contributed by atoms with E-state index in [9.17, 15) is 14.4 Å². The molecule has 0 aromatic heterocycles. The zero-order chi connectivity index (χ0) is 18.4. The van der Waals surface area contributed by atoms with Crippen molar-refractivity contribution in [1.29, 1.82) is 0 Å². The lowest BCUT2D eigenvalue weighted by Gasteiger charge is -2.35. The summed E-state index contributed by atoms with van der Waals surface area (Å²) < 4.78 is 0. The van der Waals surface area contributed by atoms with E-state index in [1.807, 2.05) is 0 Å². The molecule has 7 nitrogen and oxygen atoms in total. The lowest BCUT2D eigenvalue weighted by atomic mass is 10.3. The highest BCUT2D eigenvalue weighted by Gasteiger charge is 2.23. The fourth-order valence-electron chi connectivity index (χ4n) is 2.66. The number of halogens is 1. The molecule has 25 heavy (non-hydrogen) atoms. The summed E-state index contributed by atoms with van der Waals surface area (Å²) in [4.78, 5) is 40.8. The summed E-state index contributed by atoms with van der Waals surface area (Å²) in [5.41, 5.74) is 0.550. The van der Waals surface area contributed by atoms with Gasteiger partial charge in [0, 0.05) is 33.1 Å². The number of nitrogens with one attached hydrogen (secondary N) is 1. The summed E-state index contributed by atoms with van der Waals surface area (Å²) in [6.07, 6.45) is 0. The molecule has 136 valence electrons. The van der Waals surface area contributed by atoms with Gasteiger partial charge in [-0.15, -0.1) is 0 Å². The van der Waals surface area contributed by atoms with Crippen molar-refractivity contribution < 1.29 is 14.4 Å². The van der Waals surface area contributed by atoms with Gasteiger partial charge in [0.25, 0.3) is 0 Å². The first-order valence-corrected chi connectivity index (χ1v) is 8.51. The first kappa shape index (κ1) is 19.2. The molecule has 0 aliphatic carbocycles. The van der Waals surface area contributed by atoms with Crippen molar-refractivity contribution in [3.63, 3.8) is 0 Å². The van der Waals surface area contributed by atoms with Gasteiger partial charge in [-0.1, -0.05) is 23.7 Å². The Kier molecular flexibility index (Phi) is 6.78. The molecule has 0 bridgehead atoms. The third-order valence-electron chi connectivity index (χ3n) is 4.04. The van der Waals surface area contributed by atoms with Crippen molar-refractivity contribution in [3.8, 4) is 0 Å². The van der Waals surface area contributed by atoms with E-state index < -0.39 is 0 Å². The minimum Gasteiger partial charge on any atom is -0.339 e. The van der Waals surface area contributed by atoms with Crippen LogP contribution in [0.3, 0.4) is 0 Å². The minimum atomic E-state index is -0.232. The molecular weight excluding hydrogens is 344 g/mol. The van der Waals surface area contributed by atoms with Gasteiger partial charge in [-0.2, -0.15) is 0 Å². The Labute approximate surface area is 152 Å². The maximum atomic E-state index is 12.3. The SMILES string of the molecule is CC(=O)N1CCN(C(=O)CN(C)CC(=O)Nc2ccccc2Cl)CC1. The van der Waals surface area contributed by atoms with Gasteiger partial charge in [-0.05, 0) is 19.2 Å². The predicted molar refractivity (Wildman–Crippen MR) is 96.4 cm³/mol. The van der Waals surface area contributed by atoms with Crippen LogP contribution in [0.25, 0.3) is 0 Å². The van der Waals surface area contributed by atoms with E-state index in [1.54, 1.807) is 46.0 Å². The van der Waals surface area contributed by atoms with Crippen molar-refractivity contribution in [1.82, 2.24) is 14.7 Å². The monoisotopic (exact) mass is 366 g/mol. The van der Waals surface area contributed by atoms with E-state index in [1.165, 1.54) is 6.92 Å². The number of hydrogen-bond acceptors (Lipinski definition) is 4. The highest BCUT2D eigenvalue weighted by atomic mass is 35.5. The normalized spacial score (nSPS) is 14.6. The molecule has 1 aromatic carbocycles. The van der Waals surface area contributed by atoms with Gasteiger partial charge >= 0.3 is 0 Å². The highest BCUT2D eigenvalue weighted by Crippen LogP contribution is 2.20. The fourth-order valence-corrected chi connectivity index (χ4v) is 2.84. The number of carbonyl (C=O) groups is 3. The predicted octanol–water partition coefficient (Wildman–Crippen LogP) is 0.901. The Morgan fingerprint density at radius 2 is 1.68 bits per heavy atom. The van der Waals surface area contributed by atoms with Crippen molar-refractivity contribution in [2.45, 2.75) is 6.92 Å². The molecule has 0 unspecified atom stereocenters. The second-order valence-corrected chi connectivity index (χ2v) is 6.49. The Morgan fingerprint density at radius 1 is 1.08 bits per heavy atom. The summed E-state index contributed by atoms with van der Waals surface area (Å²) in [7, 11) is 1.72. The summed E-state index contributed by atoms with van der Waals surface area (Å²) in [6.45, 7) is 3.93. The Morgan fingerprint density at radius 3 is 2.28 bits per heavy atom. The first-order valence-electron chi connectivity index (χ1n) is 8.13. The lowest BCUT2D eigenvalue weighted by molar-refractivity contribution is -0.139. The number of rotatable bonds is 5. The first-order chi connectivity index (χ1) is 11.9. The smallest absolute Gasteiger partial charge is 0.238 e. The van der Waals surface area contributed by atoms with Crippen LogP contribution in [-0.4, -0.2) is 78.7 Å². The summed E-state index contributed by atoms with van der Waals surface area (Å²) in [5.74, 6) is -0.249. The van der Waals surface area contributed by atoms with Gasteiger partial charge in [0.2, 0.25) is 17.7 Å². The zero-order valence-corrected chi connectivity index (χ0v) is 15.3. The van der Waals surface area contributed by atoms with Gasteiger partial charge in [-0.25, -0.2) is 0 Å². The number of nitrogens with zero attached hydrogens (tertiary/aromatic N) is 3. The molecule has 0 radical (unpaired) electrons. The molecule has 1 aliphatic heterocycles. The van der Waals surface area contributed by atoms with Crippen LogP contribution in [0.15, 0.2) is 24.3 Å². The van der Waals surface area contributed by atoms with Gasteiger partial charge in [-0.3, -0.25) is 19.3 Å². The third-order valence-corrected chi connectivity index (χ3v) is 4.37. The molecule has 0 atom stereocenters. The van der Waals surface area contributed by atoms with E-state index in [-0.39, 0.29) is 30.8 Å². The van der Waals surface area contributed by atoms with Crippen LogP contribution in [0.1, 0.15) is 6.92 Å². The number of likely N-dealkylation sites (N-methyl/N-ethyl adjacent to an activating group) is 1. The topological polar surface area (TPSA) is 73.0 Å². The third kappa shape index (κ3) is 5.72. The second kappa shape index (κ2) is 8.82. The van der Waals surface area contributed by atoms with Crippen molar-refractivity contribution in [3.05, 3.63) is 29.3 Å². The molecule has 1 aliphatic rings. The minimum absolute atomic E-state index is 0.0282. The molecule has 0 saturated carbocycles. The zero-order valence-electron chi connectivity index (χ0n) is 14.5. The molecule has 3 amide bonds. The van der Waals surface area contributed by atoms with Gasteiger partial charge in [0.05, 0.1) is 23.8 Å². The van der Waals surface area contributed by atoms with E-state index in [0.29, 0.717) is 36.9 Å². The number of anilines is 1. The maximum Gasteiger partial charge on any atom is 0.238 e. The van der Waals surface area contributed by atoms with E-state index >= 15 is 0 Å². The average Bonchev–Trinajstić information content (AvgIpc) is 2.56. The Hall–Kier alpha value is -2.12. The number of hydrogen-bond donors (Lipinski definition) is 1. The number of benzene rings is 1. The van der Waals surface area contributed by atoms with E-state index in [4.69, 9.17) is 11.6 Å². The fraction of sp³-hybridized carbons (Fsp3) is 0.471. The molecule has 1 N–H and O–H groups in total. The van der Waals surface area contributed by atoms with Crippen LogP contribution in [0, 0.1) is 0 Å². The van der Waals surface area contributed by atoms with Crippen molar-refractivity contribution >= 4 is 35.0 Å². The van der Waals surface area contributed by atoms with Crippen LogP contribution >= 0.6 is 11.6 Å². The van der Waals surface area contributed by atoms with Crippen molar-refractivity contribution in [2.75, 3.05) is 51.6 Å². The number of carbonyl (C=O) groups excluding carboxylic acids is 3. The highest BCUT2D eigenvalue weighted by molar-refractivity contribution is 6.33. The number of para-hydroxylation sites is 1. The summed E-state index contributed by atoms with van der Waals surface area (Å²) in [5, 5.41) is 3.20. The molecular formula is C17H23ClN4O3. The molecule has 1 saturated heterocycles. The van der Waals surface area contributed by atoms with Gasteiger partial charge < -0.3 is 15.1 Å². The van der Waals surface area contributed by atoms with Crippen LogP contribution in [0.4, 0.5) is 5.69 Å². The molecule has 1 aromatic rings. The van der Waals surface area contributed by atoms with E-state index in [0.717, 1.165) is 0 Å². The second-order valence-electron chi connectivity index (χ2n) is 6.09. The Bertz CT molecular complexity index is 645. The van der Waals surface area contributed by atoms with Gasteiger partial charge in [0.15, 0.2) is 0 Å². The maximum absolute atomic E-state index is 12.3. The largest absolute Gasteiger partial charge is 0.339 e. The van der Waals surface area contributed by atoms with E-state index in [2.05, 4.69) is 5.32 Å². The van der Waals surface area contributed by atoms with Crippen LogP contribution in [0.5, 0.6) is 0 Å². The number of piperazine rings is 1. The van der Waals surface area contributed by atoms with Crippen LogP contribution in [0.2, 0.25) is 5.02 Å². The average molecular weight is 367 g/mol. The lowest BCUT2D eigenvalue weighted by Crippen LogP contribution is -2.52. The molecule has 8 heteroatoms. The quantitative estimate of drug-likeness (QED) is 0.840. The summed E-state index contributed by atoms with van der Waals surface area (Å²) in [6, 6.07) is 7.00. The molecule has 2 rings (SSSR count). The van der Waals surface area contributed by atoms with Crippen LogP contribution < -0.4 is 5.32 Å².